The number of carbonyl (C=O) groups is 1. The fourth-order valence-corrected chi connectivity index (χ4v) is 2.05. The van der Waals surface area contributed by atoms with E-state index in [1.54, 1.807) is 19.1 Å². The van der Waals surface area contributed by atoms with Crippen LogP contribution in [-0.4, -0.2) is 25.7 Å². The van der Waals surface area contributed by atoms with Crippen molar-refractivity contribution in [1.29, 1.82) is 0 Å². The minimum atomic E-state index is -3.18. The van der Waals surface area contributed by atoms with Crippen LogP contribution in [0.25, 0.3) is 0 Å². The first kappa shape index (κ1) is 12.7. The average Bonchev–Trinajstić information content (AvgIpc) is 2.15. The maximum atomic E-state index is 11.2. The van der Waals surface area contributed by atoms with E-state index in [0.717, 1.165) is 11.8 Å². The molecule has 0 amide bonds. The molecule has 0 aliphatic heterocycles. The molecular formula is C11H14O4S. The molecule has 0 heterocycles. The molecule has 0 aromatic heterocycles. The molecule has 1 unspecified atom stereocenters. The van der Waals surface area contributed by atoms with Crippen molar-refractivity contribution in [3.8, 4) is 0 Å². The number of carboxylic acids is 1. The van der Waals surface area contributed by atoms with Gasteiger partial charge in [0, 0.05) is 6.26 Å². The first-order valence-electron chi connectivity index (χ1n) is 4.82. The number of hydrogen-bond donors (Lipinski definition) is 1. The topological polar surface area (TPSA) is 71.4 Å². The lowest BCUT2D eigenvalue weighted by molar-refractivity contribution is -0.137. The smallest absolute Gasteiger partial charge is 0.303 e. The van der Waals surface area contributed by atoms with Gasteiger partial charge in [0.2, 0.25) is 0 Å². The van der Waals surface area contributed by atoms with Crippen molar-refractivity contribution >= 4 is 15.8 Å². The zero-order chi connectivity index (χ0) is 12.3. The van der Waals surface area contributed by atoms with Crippen molar-refractivity contribution in [2.24, 2.45) is 0 Å². The van der Waals surface area contributed by atoms with E-state index in [4.69, 9.17) is 5.11 Å². The van der Waals surface area contributed by atoms with Gasteiger partial charge in [-0.25, -0.2) is 8.42 Å². The van der Waals surface area contributed by atoms with E-state index in [2.05, 4.69) is 0 Å². The predicted molar refractivity (Wildman–Crippen MR) is 60.2 cm³/mol. The lowest BCUT2D eigenvalue weighted by Crippen LogP contribution is -2.03. The molecule has 1 rings (SSSR count). The summed E-state index contributed by atoms with van der Waals surface area (Å²) >= 11 is 0. The molecule has 16 heavy (non-hydrogen) atoms. The molecule has 0 spiro atoms. The van der Waals surface area contributed by atoms with Crippen LogP contribution < -0.4 is 0 Å². The Bertz CT molecular complexity index is 473. The quantitative estimate of drug-likeness (QED) is 0.871. The molecule has 0 radical (unpaired) electrons. The van der Waals surface area contributed by atoms with Crippen LogP contribution in [0.2, 0.25) is 0 Å². The molecule has 1 aromatic rings. The molecule has 0 aliphatic carbocycles. The van der Waals surface area contributed by atoms with Crippen molar-refractivity contribution in [3.63, 3.8) is 0 Å². The van der Waals surface area contributed by atoms with Crippen molar-refractivity contribution in [2.45, 2.75) is 24.2 Å². The van der Waals surface area contributed by atoms with Gasteiger partial charge < -0.3 is 5.11 Å². The Kier molecular flexibility index (Phi) is 3.70. The van der Waals surface area contributed by atoms with Gasteiger partial charge >= 0.3 is 5.97 Å². The Morgan fingerprint density at radius 3 is 2.19 bits per heavy atom. The van der Waals surface area contributed by atoms with Crippen molar-refractivity contribution in [3.05, 3.63) is 29.8 Å². The number of hydrogen-bond acceptors (Lipinski definition) is 3. The fourth-order valence-electron chi connectivity index (χ4n) is 1.42. The first-order valence-corrected chi connectivity index (χ1v) is 6.71. The second kappa shape index (κ2) is 4.65. The Hall–Kier alpha value is -1.36. The predicted octanol–water partition coefficient (Wildman–Crippen LogP) is 1.67. The Labute approximate surface area is 94.8 Å². The molecule has 0 saturated heterocycles. The van der Waals surface area contributed by atoms with Gasteiger partial charge in [-0.15, -0.1) is 0 Å². The van der Waals surface area contributed by atoms with E-state index in [1.807, 2.05) is 0 Å². The maximum absolute atomic E-state index is 11.2. The molecule has 0 bridgehead atoms. The number of sulfone groups is 1. The van der Waals surface area contributed by atoms with Crippen LogP contribution in [0.1, 0.15) is 24.8 Å². The highest BCUT2D eigenvalue weighted by Crippen LogP contribution is 2.20. The summed E-state index contributed by atoms with van der Waals surface area (Å²) in [5.74, 6) is -0.981. The van der Waals surface area contributed by atoms with Gasteiger partial charge in [-0.2, -0.15) is 0 Å². The highest BCUT2D eigenvalue weighted by molar-refractivity contribution is 7.90. The molecule has 0 aliphatic rings. The van der Waals surface area contributed by atoms with Crippen LogP contribution in [0, 0.1) is 0 Å². The van der Waals surface area contributed by atoms with Crippen molar-refractivity contribution in [1.82, 2.24) is 0 Å². The summed E-state index contributed by atoms with van der Waals surface area (Å²) in [5, 5.41) is 8.63. The van der Waals surface area contributed by atoms with E-state index < -0.39 is 15.8 Å². The van der Waals surface area contributed by atoms with E-state index in [-0.39, 0.29) is 17.2 Å². The average molecular weight is 242 g/mol. The Balaban J connectivity index is 2.91. The zero-order valence-electron chi connectivity index (χ0n) is 9.17. The summed E-state index contributed by atoms with van der Waals surface area (Å²) in [6.45, 7) is 1.80. The molecule has 1 aromatic carbocycles. The van der Waals surface area contributed by atoms with Gasteiger partial charge in [0.25, 0.3) is 0 Å². The van der Waals surface area contributed by atoms with Crippen LogP contribution in [-0.2, 0) is 14.6 Å². The van der Waals surface area contributed by atoms with Gasteiger partial charge in [-0.1, -0.05) is 19.1 Å². The summed E-state index contributed by atoms with van der Waals surface area (Å²) < 4.78 is 22.4. The zero-order valence-corrected chi connectivity index (χ0v) is 9.99. The van der Waals surface area contributed by atoms with Crippen molar-refractivity contribution < 1.29 is 18.3 Å². The maximum Gasteiger partial charge on any atom is 0.303 e. The van der Waals surface area contributed by atoms with Gasteiger partial charge in [-0.3, -0.25) is 4.79 Å². The Morgan fingerprint density at radius 2 is 1.81 bits per heavy atom. The summed E-state index contributed by atoms with van der Waals surface area (Å²) in [7, 11) is -3.18. The highest BCUT2D eigenvalue weighted by Gasteiger charge is 2.11. The van der Waals surface area contributed by atoms with E-state index >= 15 is 0 Å². The lowest BCUT2D eigenvalue weighted by Gasteiger charge is -2.09. The Morgan fingerprint density at radius 1 is 1.31 bits per heavy atom. The van der Waals surface area contributed by atoms with E-state index in [0.29, 0.717) is 0 Å². The van der Waals surface area contributed by atoms with Crippen LogP contribution in [0.4, 0.5) is 0 Å². The van der Waals surface area contributed by atoms with E-state index in [1.165, 1.54) is 12.1 Å². The highest BCUT2D eigenvalue weighted by atomic mass is 32.2. The SMILES string of the molecule is CC(CC(=O)O)c1ccc(S(C)(=O)=O)cc1. The van der Waals surface area contributed by atoms with Crippen LogP contribution in [0.3, 0.4) is 0 Å². The molecule has 5 heteroatoms. The summed E-state index contributed by atoms with van der Waals surface area (Å²) in [5.41, 5.74) is 0.829. The number of benzene rings is 1. The minimum absolute atomic E-state index is 0.0399. The second-order valence-electron chi connectivity index (χ2n) is 3.84. The monoisotopic (exact) mass is 242 g/mol. The number of carboxylic acid groups (broad SMARTS) is 1. The molecular weight excluding hydrogens is 228 g/mol. The molecule has 1 N–H and O–H groups in total. The molecule has 0 fully saturated rings. The normalized spacial score (nSPS) is 13.4. The summed E-state index contributed by atoms with van der Waals surface area (Å²) in [6, 6.07) is 6.32. The molecule has 1 atom stereocenters. The lowest BCUT2D eigenvalue weighted by atomic mass is 9.98. The number of rotatable bonds is 4. The first-order chi connectivity index (χ1) is 7.30. The van der Waals surface area contributed by atoms with Crippen LogP contribution >= 0.6 is 0 Å². The van der Waals surface area contributed by atoms with Crippen molar-refractivity contribution in [2.75, 3.05) is 6.26 Å². The third-order valence-corrected chi connectivity index (χ3v) is 3.49. The minimum Gasteiger partial charge on any atom is -0.481 e. The standard InChI is InChI=1S/C11H14O4S/c1-8(7-11(12)13)9-3-5-10(6-4-9)16(2,14)15/h3-6,8H,7H2,1-2H3,(H,12,13). The molecule has 0 saturated carbocycles. The largest absolute Gasteiger partial charge is 0.481 e. The van der Waals surface area contributed by atoms with Crippen LogP contribution in [0.5, 0.6) is 0 Å². The number of aliphatic carboxylic acids is 1. The van der Waals surface area contributed by atoms with E-state index in [9.17, 15) is 13.2 Å². The molecule has 4 nitrogen and oxygen atoms in total. The third kappa shape index (κ3) is 3.34. The fraction of sp³-hybridized carbons (Fsp3) is 0.364. The van der Waals surface area contributed by atoms with Gasteiger partial charge in [0.05, 0.1) is 11.3 Å². The summed E-state index contributed by atoms with van der Waals surface area (Å²) in [4.78, 5) is 10.8. The third-order valence-electron chi connectivity index (χ3n) is 2.36. The molecule has 88 valence electrons. The summed E-state index contributed by atoms with van der Waals surface area (Å²) in [6.07, 6.45) is 1.18. The second-order valence-corrected chi connectivity index (χ2v) is 5.86. The van der Waals surface area contributed by atoms with Crippen LogP contribution in [0.15, 0.2) is 29.2 Å². The van der Waals surface area contributed by atoms with Gasteiger partial charge in [0.1, 0.15) is 0 Å². The van der Waals surface area contributed by atoms with Gasteiger partial charge in [-0.05, 0) is 23.6 Å². The van der Waals surface area contributed by atoms with Gasteiger partial charge in [0.15, 0.2) is 9.84 Å².